The average Bonchev–Trinajstić information content (AvgIpc) is 2.62. The summed E-state index contributed by atoms with van der Waals surface area (Å²) in [6.07, 6.45) is 3.61. The molecule has 3 rings (SSSR count). The summed E-state index contributed by atoms with van der Waals surface area (Å²) >= 11 is 0. The van der Waals surface area contributed by atoms with Crippen LogP contribution < -0.4 is 4.74 Å². The van der Waals surface area contributed by atoms with Crippen LogP contribution in [0.2, 0.25) is 0 Å². The van der Waals surface area contributed by atoms with E-state index in [9.17, 15) is 5.11 Å². The number of benzene rings is 1. The number of fused-ring (bicyclic) bond motifs is 1. The molecule has 0 radical (unpaired) electrons. The van der Waals surface area contributed by atoms with Crippen LogP contribution in [0.4, 0.5) is 0 Å². The number of ether oxygens (including phenoxy) is 1. The molecule has 1 N–H and O–H groups in total. The van der Waals surface area contributed by atoms with Crippen LogP contribution in [-0.2, 0) is 13.1 Å². The maximum Gasteiger partial charge on any atom is 0.218 e. The summed E-state index contributed by atoms with van der Waals surface area (Å²) in [5.41, 5.74) is 3.03. The summed E-state index contributed by atoms with van der Waals surface area (Å²) < 4.78 is 5.47. The van der Waals surface area contributed by atoms with Gasteiger partial charge in [-0.05, 0) is 23.8 Å². The summed E-state index contributed by atoms with van der Waals surface area (Å²) in [6.45, 7) is 2.04. The number of hydrogen-bond donors (Lipinski definition) is 1. The van der Waals surface area contributed by atoms with E-state index in [1.165, 1.54) is 0 Å². The lowest BCUT2D eigenvalue weighted by Gasteiger charge is -2.22. The zero-order valence-electron chi connectivity index (χ0n) is 13.7. The lowest BCUT2D eigenvalue weighted by Crippen LogP contribution is -2.26. The molecule has 5 nitrogen and oxygen atoms in total. The van der Waals surface area contributed by atoms with E-state index < -0.39 is 0 Å². The minimum atomic E-state index is 0.101. The van der Waals surface area contributed by atoms with Crippen LogP contribution in [0.15, 0.2) is 54.9 Å². The van der Waals surface area contributed by atoms with Gasteiger partial charge in [0, 0.05) is 43.0 Å². The SMILES string of the molecule is COc1nc2ccccc2cc1CN(CCO)Cc1cccnc1. The van der Waals surface area contributed by atoms with Crippen LogP contribution in [0.3, 0.4) is 0 Å². The van der Waals surface area contributed by atoms with Gasteiger partial charge in [-0.2, -0.15) is 0 Å². The van der Waals surface area contributed by atoms with Crippen molar-refractivity contribution in [2.24, 2.45) is 0 Å². The van der Waals surface area contributed by atoms with Gasteiger partial charge in [0.2, 0.25) is 5.88 Å². The first-order valence-electron chi connectivity index (χ1n) is 7.95. The van der Waals surface area contributed by atoms with E-state index in [1.54, 1.807) is 13.3 Å². The van der Waals surface area contributed by atoms with E-state index in [4.69, 9.17) is 4.74 Å². The van der Waals surface area contributed by atoms with Crippen LogP contribution in [0.1, 0.15) is 11.1 Å². The van der Waals surface area contributed by atoms with E-state index in [1.807, 2.05) is 42.6 Å². The second-order valence-corrected chi connectivity index (χ2v) is 5.65. The quantitative estimate of drug-likeness (QED) is 0.724. The molecule has 0 bridgehead atoms. The molecule has 1 aromatic carbocycles. The van der Waals surface area contributed by atoms with Crippen molar-refractivity contribution in [1.29, 1.82) is 0 Å². The number of pyridine rings is 2. The molecule has 2 heterocycles. The van der Waals surface area contributed by atoms with Gasteiger partial charge in [-0.1, -0.05) is 24.3 Å². The van der Waals surface area contributed by atoms with Crippen LogP contribution in [0.25, 0.3) is 10.9 Å². The van der Waals surface area contributed by atoms with Gasteiger partial charge in [0.05, 0.1) is 19.2 Å². The number of aliphatic hydroxyl groups excluding tert-OH is 1. The lowest BCUT2D eigenvalue weighted by atomic mass is 10.1. The number of aliphatic hydroxyl groups is 1. The van der Waals surface area contributed by atoms with Crippen molar-refractivity contribution in [2.45, 2.75) is 13.1 Å². The van der Waals surface area contributed by atoms with Gasteiger partial charge in [0.1, 0.15) is 0 Å². The molecular weight excluding hydrogens is 302 g/mol. The molecule has 0 spiro atoms. The van der Waals surface area contributed by atoms with Gasteiger partial charge in [0.25, 0.3) is 0 Å². The largest absolute Gasteiger partial charge is 0.481 e. The van der Waals surface area contributed by atoms with Crippen molar-refractivity contribution in [3.8, 4) is 5.88 Å². The van der Waals surface area contributed by atoms with E-state index in [0.717, 1.165) is 22.0 Å². The number of rotatable bonds is 7. The van der Waals surface area contributed by atoms with Crippen LogP contribution >= 0.6 is 0 Å². The Bertz CT molecular complexity index is 793. The maximum absolute atomic E-state index is 9.39. The smallest absolute Gasteiger partial charge is 0.218 e. The Hall–Kier alpha value is -2.50. The Labute approximate surface area is 141 Å². The molecule has 0 amide bonds. The molecule has 3 aromatic rings. The monoisotopic (exact) mass is 323 g/mol. The molecular formula is C19H21N3O2. The van der Waals surface area contributed by atoms with E-state index in [2.05, 4.69) is 20.9 Å². The van der Waals surface area contributed by atoms with Crippen molar-refractivity contribution in [3.63, 3.8) is 0 Å². The zero-order chi connectivity index (χ0) is 16.8. The Kier molecular flexibility index (Phi) is 5.36. The molecule has 0 fully saturated rings. The van der Waals surface area contributed by atoms with Crippen LogP contribution in [0.5, 0.6) is 5.88 Å². The molecule has 124 valence electrons. The lowest BCUT2D eigenvalue weighted by molar-refractivity contribution is 0.182. The molecule has 0 aliphatic carbocycles. The van der Waals surface area contributed by atoms with Crippen molar-refractivity contribution >= 4 is 10.9 Å². The molecule has 0 saturated heterocycles. The van der Waals surface area contributed by atoms with E-state index in [-0.39, 0.29) is 6.61 Å². The van der Waals surface area contributed by atoms with Gasteiger partial charge in [0.15, 0.2) is 0 Å². The highest BCUT2D eigenvalue weighted by atomic mass is 16.5. The molecule has 24 heavy (non-hydrogen) atoms. The fraction of sp³-hybridized carbons (Fsp3) is 0.263. The highest BCUT2D eigenvalue weighted by Gasteiger charge is 2.13. The second-order valence-electron chi connectivity index (χ2n) is 5.65. The fourth-order valence-electron chi connectivity index (χ4n) is 2.78. The Balaban J connectivity index is 1.87. The van der Waals surface area contributed by atoms with Crippen molar-refractivity contribution < 1.29 is 9.84 Å². The van der Waals surface area contributed by atoms with E-state index in [0.29, 0.717) is 25.5 Å². The van der Waals surface area contributed by atoms with E-state index >= 15 is 0 Å². The Morgan fingerprint density at radius 3 is 2.75 bits per heavy atom. The van der Waals surface area contributed by atoms with Gasteiger partial charge in [-0.15, -0.1) is 0 Å². The normalized spacial score (nSPS) is 11.1. The van der Waals surface area contributed by atoms with Crippen LogP contribution in [0, 0.1) is 0 Å². The van der Waals surface area contributed by atoms with Crippen molar-refractivity contribution in [1.82, 2.24) is 14.9 Å². The predicted octanol–water partition coefficient (Wildman–Crippen LogP) is 2.63. The van der Waals surface area contributed by atoms with Crippen LogP contribution in [-0.4, -0.2) is 40.2 Å². The molecule has 0 atom stereocenters. The minimum absolute atomic E-state index is 0.101. The number of hydrogen-bond acceptors (Lipinski definition) is 5. The predicted molar refractivity (Wildman–Crippen MR) is 93.7 cm³/mol. The first-order chi connectivity index (χ1) is 11.8. The van der Waals surface area contributed by atoms with Gasteiger partial charge in [-0.25, -0.2) is 4.98 Å². The summed E-state index contributed by atoms with van der Waals surface area (Å²) in [5.74, 6) is 0.628. The summed E-state index contributed by atoms with van der Waals surface area (Å²) in [4.78, 5) is 10.9. The highest BCUT2D eigenvalue weighted by molar-refractivity contribution is 5.80. The number of para-hydroxylation sites is 1. The maximum atomic E-state index is 9.39. The molecule has 0 aliphatic rings. The third-order valence-corrected chi connectivity index (χ3v) is 3.90. The average molecular weight is 323 g/mol. The summed E-state index contributed by atoms with van der Waals surface area (Å²) in [7, 11) is 1.64. The van der Waals surface area contributed by atoms with Crippen molar-refractivity contribution in [3.05, 3.63) is 66.0 Å². The number of aromatic nitrogens is 2. The molecule has 5 heteroatoms. The van der Waals surface area contributed by atoms with Crippen molar-refractivity contribution in [2.75, 3.05) is 20.3 Å². The minimum Gasteiger partial charge on any atom is -0.481 e. The second kappa shape index (κ2) is 7.86. The van der Waals surface area contributed by atoms with Gasteiger partial charge in [-0.3, -0.25) is 9.88 Å². The summed E-state index contributed by atoms with van der Waals surface area (Å²) in [6, 6.07) is 14.1. The third kappa shape index (κ3) is 3.88. The molecule has 2 aromatic heterocycles. The van der Waals surface area contributed by atoms with Gasteiger partial charge >= 0.3 is 0 Å². The molecule has 0 saturated carbocycles. The third-order valence-electron chi connectivity index (χ3n) is 3.90. The first kappa shape index (κ1) is 16.4. The fourth-order valence-corrected chi connectivity index (χ4v) is 2.78. The number of methoxy groups -OCH3 is 1. The standard InChI is InChI=1S/C19H21N3O2/c1-24-19-17(11-16-6-2-3-7-18(16)21-19)14-22(9-10-23)13-15-5-4-8-20-12-15/h2-8,11-12,23H,9-10,13-14H2,1H3. The Morgan fingerprint density at radius 1 is 1.12 bits per heavy atom. The molecule has 0 unspecified atom stereocenters. The topological polar surface area (TPSA) is 58.5 Å². The first-order valence-corrected chi connectivity index (χ1v) is 7.95. The zero-order valence-corrected chi connectivity index (χ0v) is 13.7. The molecule has 0 aliphatic heterocycles. The van der Waals surface area contributed by atoms with Gasteiger partial charge < -0.3 is 9.84 Å². The summed E-state index contributed by atoms with van der Waals surface area (Å²) in [5, 5.41) is 10.5. The highest BCUT2D eigenvalue weighted by Crippen LogP contribution is 2.24. The number of nitrogens with zero attached hydrogens (tertiary/aromatic N) is 3. The Morgan fingerprint density at radius 2 is 2.00 bits per heavy atom.